The monoisotopic (exact) mass is 326 g/mol. The molecule has 19 heavy (non-hydrogen) atoms. The molecule has 1 heterocycles. The van der Waals surface area contributed by atoms with Crippen LogP contribution < -0.4 is 0 Å². The normalized spacial score (nSPS) is 20.3. The number of likely N-dealkylation sites (tertiary alicyclic amines) is 1. The fourth-order valence-electron chi connectivity index (χ4n) is 2.92. The van der Waals surface area contributed by atoms with E-state index in [0.29, 0.717) is 11.8 Å². The molecule has 0 aromatic heterocycles. The van der Waals surface area contributed by atoms with Crippen molar-refractivity contribution in [3.8, 4) is 5.75 Å². The molecule has 1 unspecified atom stereocenters. The van der Waals surface area contributed by atoms with Gasteiger partial charge in [-0.3, -0.25) is 9.80 Å². The number of para-hydroxylation sites is 1. The Morgan fingerprint density at radius 1 is 1.37 bits per heavy atom. The van der Waals surface area contributed by atoms with Gasteiger partial charge in [-0.05, 0) is 41.5 Å². The van der Waals surface area contributed by atoms with Gasteiger partial charge in [0.2, 0.25) is 0 Å². The SMILES string of the molecule is CCN(CC)C1CCN(Cc2cccc(Br)c2O)C1. The third-order valence-corrected chi connectivity index (χ3v) is 4.68. The zero-order chi connectivity index (χ0) is 13.8. The fraction of sp³-hybridized carbons (Fsp3) is 0.600. The number of hydrogen-bond donors (Lipinski definition) is 1. The third kappa shape index (κ3) is 3.50. The highest BCUT2D eigenvalue weighted by Crippen LogP contribution is 2.29. The summed E-state index contributed by atoms with van der Waals surface area (Å²) in [7, 11) is 0. The minimum absolute atomic E-state index is 0.383. The van der Waals surface area contributed by atoms with Gasteiger partial charge in [-0.15, -0.1) is 0 Å². The second-order valence-electron chi connectivity index (χ2n) is 5.15. The molecule has 0 spiro atoms. The quantitative estimate of drug-likeness (QED) is 0.900. The Balaban J connectivity index is 1.97. The van der Waals surface area contributed by atoms with Crippen LogP contribution in [-0.2, 0) is 6.54 Å². The number of phenols is 1. The topological polar surface area (TPSA) is 26.7 Å². The van der Waals surface area contributed by atoms with Crippen molar-refractivity contribution in [3.63, 3.8) is 0 Å². The van der Waals surface area contributed by atoms with E-state index >= 15 is 0 Å². The standard InChI is InChI=1S/C15H23BrN2O/c1-3-18(4-2)13-8-9-17(11-13)10-12-6-5-7-14(16)15(12)19/h5-7,13,19H,3-4,8-11H2,1-2H3. The van der Waals surface area contributed by atoms with Gasteiger partial charge in [-0.2, -0.15) is 0 Å². The number of aromatic hydroxyl groups is 1. The smallest absolute Gasteiger partial charge is 0.134 e. The molecular weight excluding hydrogens is 304 g/mol. The van der Waals surface area contributed by atoms with Gasteiger partial charge in [-0.1, -0.05) is 26.0 Å². The highest BCUT2D eigenvalue weighted by atomic mass is 79.9. The largest absolute Gasteiger partial charge is 0.506 e. The Kier molecular flexibility index (Phi) is 5.25. The molecule has 106 valence electrons. The Labute approximate surface area is 124 Å². The van der Waals surface area contributed by atoms with Crippen molar-refractivity contribution < 1.29 is 5.11 Å². The van der Waals surface area contributed by atoms with E-state index in [9.17, 15) is 5.11 Å². The highest BCUT2D eigenvalue weighted by Gasteiger charge is 2.26. The van der Waals surface area contributed by atoms with Gasteiger partial charge in [-0.25, -0.2) is 0 Å². The molecule has 0 aliphatic carbocycles. The summed E-state index contributed by atoms with van der Waals surface area (Å²) in [5, 5.41) is 10.0. The molecule has 3 nitrogen and oxygen atoms in total. The van der Waals surface area contributed by atoms with Crippen LogP contribution in [0.5, 0.6) is 5.75 Å². The summed E-state index contributed by atoms with van der Waals surface area (Å²) in [5.74, 6) is 0.383. The molecule has 1 aromatic carbocycles. The van der Waals surface area contributed by atoms with Crippen molar-refractivity contribution in [3.05, 3.63) is 28.2 Å². The maximum absolute atomic E-state index is 10.0. The van der Waals surface area contributed by atoms with E-state index < -0.39 is 0 Å². The Morgan fingerprint density at radius 2 is 2.11 bits per heavy atom. The number of halogens is 1. The van der Waals surface area contributed by atoms with Crippen LogP contribution in [0.15, 0.2) is 22.7 Å². The maximum atomic E-state index is 10.0. The first-order chi connectivity index (χ1) is 9.15. The lowest BCUT2D eigenvalue weighted by Crippen LogP contribution is -2.37. The Hall–Kier alpha value is -0.580. The van der Waals surface area contributed by atoms with E-state index in [-0.39, 0.29) is 0 Å². The number of phenolic OH excluding ortho intramolecular Hbond substituents is 1. The van der Waals surface area contributed by atoms with Crippen LogP contribution in [0.1, 0.15) is 25.8 Å². The minimum atomic E-state index is 0.383. The Bertz CT molecular complexity index is 421. The van der Waals surface area contributed by atoms with Gasteiger partial charge >= 0.3 is 0 Å². The molecule has 1 aromatic rings. The molecule has 2 rings (SSSR count). The molecule has 1 atom stereocenters. The second kappa shape index (κ2) is 6.73. The predicted molar refractivity (Wildman–Crippen MR) is 82.4 cm³/mol. The molecule has 1 aliphatic heterocycles. The first-order valence-electron chi connectivity index (χ1n) is 7.08. The van der Waals surface area contributed by atoms with E-state index in [4.69, 9.17) is 0 Å². The zero-order valence-corrected chi connectivity index (χ0v) is 13.4. The average Bonchev–Trinajstić information content (AvgIpc) is 2.85. The summed E-state index contributed by atoms with van der Waals surface area (Å²) in [6.07, 6.45) is 1.23. The van der Waals surface area contributed by atoms with Gasteiger partial charge < -0.3 is 5.11 Å². The predicted octanol–water partition coefficient (Wildman–Crippen LogP) is 3.07. The number of hydrogen-bond acceptors (Lipinski definition) is 3. The van der Waals surface area contributed by atoms with Crippen LogP contribution in [0, 0.1) is 0 Å². The van der Waals surface area contributed by atoms with E-state index in [1.807, 2.05) is 18.2 Å². The molecule has 4 heteroatoms. The van der Waals surface area contributed by atoms with Crippen LogP contribution in [0.3, 0.4) is 0 Å². The number of likely N-dealkylation sites (N-methyl/N-ethyl adjacent to an activating group) is 1. The summed E-state index contributed by atoms with van der Waals surface area (Å²) in [4.78, 5) is 4.96. The molecule has 0 saturated carbocycles. The zero-order valence-electron chi connectivity index (χ0n) is 11.8. The van der Waals surface area contributed by atoms with Crippen molar-refractivity contribution >= 4 is 15.9 Å². The van der Waals surface area contributed by atoms with Crippen LogP contribution in [0.4, 0.5) is 0 Å². The summed E-state index contributed by atoms with van der Waals surface area (Å²) in [6.45, 7) is 9.76. The minimum Gasteiger partial charge on any atom is -0.506 e. The number of nitrogens with zero attached hydrogens (tertiary/aromatic N) is 2. The molecule has 0 radical (unpaired) electrons. The van der Waals surface area contributed by atoms with Crippen molar-refractivity contribution in [2.45, 2.75) is 32.9 Å². The Morgan fingerprint density at radius 3 is 2.79 bits per heavy atom. The molecule has 1 N–H and O–H groups in total. The van der Waals surface area contributed by atoms with Crippen molar-refractivity contribution in [1.82, 2.24) is 9.80 Å². The molecule has 0 bridgehead atoms. The summed E-state index contributed by atoms with van der Waals surface area (Å²) in [6, 6.07) is 6.54. The van der Waals surface area contributed by atoms with Crippen LogP contribution in [-0.4, -0.2) is 47.1 Å². The summed E-state index contributed by atoms with van der Waals surface area (Å²) >= 11 is 3.38. The molecule has 1 saturated heterocycles. The van der Waals surface area contributed by atoms with Crippen LogP contribution in [0.25, 0.3) is 0 Å². The van der Waals surface area contributed by atoms with E-state index in [0.717, 1.165) is 42.8 Å². The summed E-state index contributed by atoms with van der Waals surface area (Å²) in [5.41, 5.74) is 1.01. The van der Waals surface area contributed by atoms with E-state index in [1.165, 1.54) is 6.42 Å². The molecule has 0 amide bonds. The molecule has 1 fully saturated rings. The van der Waals surface area contributed by atoms with Gasteiger partial charge in [0.1, 0.15) is 5.75 Å². The lowest BCUT2D eigenvalue weighted by Gasteiger charge is -2.26. The molecular formula is C15H23BrN2O. The average molecular weight is 327 g/mol. The van der Waals surface area contributed by atoms with Crippen molar-refractivity contribution in [2.75, 3.05) is 26.2 Å². The fourth-order valence-corrected chi connectivity index (χ4v) is 3.33. The first kappa shape index (κ1) is 14.8. The van der Waals surface area contributed by atoms with Gasteiger partial charge in [0, 0.05) is 31.2 Å². The number of benzene rings is 1. The van der Waals surface area contributed by atoms with Crippen LogP contribution >= 0.6 is 15.9 Å². The lowest BCUT2D eigenvalue weighted by atomic mass is 10.2. The summed E-state index contributed by atoms with van der Waals surface area (Å²) < 4.78 is 0.782. The van der Waals surface area contributed by atoms with Gasteiger partial charge in [0.25, 0.3) is 0 Å². The highest BCUT2D eigenvalue weighted by molar-refractivity contribution is 9.10. The van der Waals surface area contributed by atoms with Gasteiger partial charge in [0.05, 0.1) is 4.47 Å². The lowest BCUT2D eigenvalue weighted by molar-refractivity contribution is 0.208. The van der Waals surface area contributed by atoms with Crippen molar-refractivity contribution in [1.29, 1.82) is 0 Å². The molecule has 1 aliphatic rings. The van der Waals surface area contributed by atoms with Gasteiger partial charge in [0.15, 0.2) is 0 Å². The second-order valence-corrected chi connectivity index (χ2v) is 6.00. The van der Waals surface area contributed by atoms with Crippen LogP contribution in [0.2, 0.25) is 0 Å². The van der Waals surface area contributed by atoms with E-state index in [2.05, 4.69) is 39.6 Å². The van der Waals surface area contributed by atoms with E-state index in [1.54, 1.807) is 0 Å². The maximum Gasteiger partial charge on any atom is 0.134 e. The van der Waals surface area contributed by atoms with Crippen molar-refractivity contribution in [2.24, 2.45) is 0 Å². The number of rotatable bonds is 5. The first-order valence-corrected chi connectivity index (χ1v) is 7.87. The third-order valence-electron chi connectivity index (χ3n) is 4.04.